The zero-order valence-electron chi connectivity index (χ0n) is 10.4. The van der Waals surface area contributed by atoms with Crippen LogP contribution in [0.2, 0.25) is 0 Å². The van der Waals surface area contributed by atoms with Crippen molar-refractivity contribution >= 4 is 10.9 Å². The standard InChI is InChI=1S/C14H14N2O2/c1-9-11(4-3-7-15)14(17)12-8-10(18-2)5-6-13(12)16-9/h5-6,8H,3-4H2,1-2H3,(H,16,17). The second-order valence-electron chi connectivity index (χ2n) is 4.13. The number of nitriles is 1. The number of hydrogen-bond acceptors (Lipinski definition) is 3. The quantitative estimate of drug-likeness (QED) is 0.898. The second-order valence-corrected chi connectivity index (χ2v) is 4.13. The molecule has 0 saturated heterocycles. The summed E-state index contributed by atoms with van der Waals surface area (Å²) in [5.74, 6) is 0.656. The van der Waals surface area contributed by atoms with Gasteiger partial charge in [-0.15, -0.1) is 0 Å². The van der Waals surface area contributed by atoms with E-state index in [0.29, 0.717) is 29.5 Å². The molecular weight excluding hydrogens is 228 g/mol. The molecule has 0 amide bonds. The fraction of sp³-hybridized carbons (Fsp3) is 0.286. The van der Waals surface area contributed by atoms with E-state index in [0.717, 1.165) is 11.2 Å². The van der Waals surface area contributed by atoms with Crippen molar-refractivity contribution in [1.82, 2.24) is 4.98 Å². The summed E-state index contributed by atoms with van der Waals surface area (Å²) in [7, 11) is 1.57. The van der Waals surface area contributed by atoms with Gasteiger partial charge in [0.1, 0.15) is 5.75 Å². The van der Waals surface area contributed by atoms with Gasteiger partial charge in [0, 0.05) is 28.6 Å². The van der Waals surface area contributed by atoms with Gasteiger partial charge in [-0.05, 0) is 31.5 Å². The maximum atomic E-state index is 12.3. The summed E-state index contributed by atoms with van der Waals surface area (Å²) in [6.45, 7) is 1.86. The summed E-state index contributed by atoms with van der Waals surface area (Å²) in [6, 6.07) is 7.43. The van der Waals surface area contributed by atoms with Crippen LogP contribution in [0.5, 0.6) is 5.75 Å². The lowest BCUT2D eigenvalue weighted by atomic mass is 10.0. The summed E-state index contributed by atoms with van der Waals surface area (Å²) >= 11 is 0. The molecule has 1 N–H and O–H groups in total. The third-order valence-electron chi connectivity index (χ3n) is 3.01. The van der Waals surface area contributed by atoms with Crippen LogP contribution in [0.15, 0.2) is 23.0 Å². The molecule has 1 heterocycles. The molecule has 0 aliphatic rings. The van der Waals surface area contributed by atoms with Crippen LogP contribution in [0.25, 0.3) is 10.9 Å². The Morgan fingerprint density at radius 3 is 2.89 bits per heavy atom. The van der Waals surface area contributed by atoms with E-state index in [-0.39, 0.29) is 5.43 Å². The Labute approximate surface area is 105 Å². The van der Waals surface area contributed by atoms with E-state index in [9.17, 15) is 4.79 Å². The number of ether oxygens (including phenoxy) is 1. The highest BCUT2D eigenvalue weighted by Gasteiger charge is 2.09. The van der Waals surface area contributed by atoms with Crippen molar-refractivity contribution in [2.75, 3.05) is 7.11 Å². The normalized spacial score (nSPS) is 10.3. The van der Waals surface area contributed by atoms with Crippen molar-refractivity contribution in [3.05, 3.63) is 39.7 Å². The number of H-pyrrole nitrogens is 1. The minimum Gasteiger partial charge on any atom is -0.497 e. The number of aryl methyl sites for hydroxylation is 1. The average Bonchev–Trinajstić information content (AvgIpc) is 2.38. The fourth-order valence-corrected chi connectivity index (χ4v) is 2.04. The number of aromatic nitrogens is 1. The van der Waals surface area contributed by atoms with Crippen LogP contribution >= 0.6 is 0 Å². The van der Waals surface area contributed by atoms with Gasteiger partial charge in [0.25, 0.3) is 0 Å². The highest BCUT2D eigenvalue weighted by atomic mass is 16.5. The largest absolute Gasteiger partial charge is 0.497 e. The molecule has 0 radical (unpaired) electrons. The Hall–Kier alpha value is -2.28. The van der Waals surface area contributed by atoms with Gasteiger partial charge < -0.3 is 9.72 Å². The lowest BCUT2D eigenvalue weighted by Gasteiger charge is -2.07. The first-order valence-corrected chi connectivity index (χ1v) is 5.74. The SMILES string of the molecule is COc1ccc2[nH]c(C)c(CCC#N)c(=O)c2c1. The van der Waals surface area contributed by atoms with E-state index in [1.54, 1.807) is 13.2 Å². The lowest BCUT2D eigenvalue weighted by molar-refractivity contribution is 0.415. The zero-order chi connectivity index (χ0) is 13.1. The first-order chi connectivity index (χ1) is 8.67. The van der Waals surface area contributed by atoms with Crippen LogP contribution in [-0.2, 0) is 6.42 Å². The molecule has 0 spiro atoms. The molecule has 18 heavy (non-hydrogen) atoms. The molecule has 0 aliphatic heterocycles. The maximum absolute atomic E-state index is 12.3. The maximum Gasteiger partial charge on any atom is 0.192 e. The van der Waals surface area contributed by atoms with Crippen molar-refractivity contribution in [2.45, 2.75) is 19.8 Å². The Morgan fingerprint density at radius 1 is 1.44 bits per heavy atom. The Morgan fingerprint density at radius 2 is 2.22 bits per heavy atom. The van der Waals surface area contributed by atoms with Gasteiger partial charge in [-0.2, -0.15) is 5.26 Å². The Balaban J connectivity index is 2.67. The third kappa shape index (κ3) is 2.07. The molecule has 0 bridgehead atoms. The lowest BCUT2D eigenvalue weighted by Crippen LogP contribution is -2.13. The molecule has 1 aromatic carbocycles. The van der Waals surface area contributed by atoms with E-state index < -0.39 is 0 Å². The van der Waals surface area contributed by atoms with E-state index in [1.807, 2.05) is 19.1 Å². The van der Waals surface area contributed by atoms with Gasteiger partial charge in [-0.3, -0.25) is 4.79 Å². The topological polar surface area (TPSA) is 65.9 Å². The van der Waals surface area contributed by atoms with Crippen molar-refractivity contribution in [2.24, 2.45) is 0 Å². The summed E-state index contributed by atoms with van der Waals surface area (Å²) in [5, 5.41) is 9.23. The summed E-state index contributed by atoms with van der Waals surface area (Å²) in [4.78, 5) is 15.5. The fourth-order valence-electron chi connectivity index (χ4n) is 2.04. The number of rotatable bonds is 3. The van der Waals surface area contributed by atoms with Crippen LogP contribution in [0.4, 0.5) is 0 Å². The molecule has 0 saturated carbocycles. The van der Waals surface area contributed by atoms with Crippen molar-refractivity contribution < 1.29 is 4.74 Å². The van der Waals surface area contributed by atoms with E-state index in [1.165, 1.54) is 0 Å². The number of fused-ring (bicyclic) bond motifs is 1. The number of pyridine rings is 1. The number of hydrogen-bond donors (Lipinski definition) is 1. The number of benzene rings is 1. The molecule has 0 unspecified atom stereocenters. The van der Waals surface area contributed by atoms with Gasteiger partial charge in [0.2, 0.25) is 0 Å². The Kier molecular flexibility index (Phi) is 3.33. The molecule has 2 aromatic rings. The van der Waals surface area contributed by atoms with Crippen LogP contribution in [0.1, 0.15) is 17.7 Å². The average molecular weight is 242 g/mol. The minimum atomic E-state index is -0.0181. The molecule has 92 valence electrons. The van der Waals surface area contributed by atoms with Crippen LogP contribution in [-0.4, -0.2) is 12.1 Å². The molecule has 2 rings (SSSR count). The van der Waals surface area contributed by atoms with Crippen LogP contribution in [0.3, 0.4) is 0 Å². The molecule has 4 heteroatoms. The second kappa shape index (κ2) is 4.92. The highest BCUT2D eigenvalue weighted by Crippen LogP contribution is 2.18. The van der Waals surface area contributed by atoms with Gasteiger partial charge >= 0.3 is 0 Å². The predicted molar refractivity (Wildman–Crippen MR) is 69.8 cm³/mol. The molecule has 0 fully saturated rings. The first-order valence-electron chi connectivity index (χ1n) is 5.74. The van der Waals surface area contributed by atoms with Crippen molar-refractivity contribution in [3.8, 4) is 11.8 Å². The van der Waals surface area contributed by atoms with Crippen molar-refractivity contribution in [1.29, 1.82) is 5.26 Å². The number of methoxy groups -OCH3 is 1. The van der Waals surface area contributed by atoms with E-state index in [2.05, 4.69) is 11.1 Å². The van der Waals surface area contributed by atoms with Gasteiger partial charge in [-0.25, -0.2) is 0 Å². The first kappa shape index (κ1) is 12.2. The number of aromatic amines is 1. The predicted octanol–water partition coefficient (Wildman–Crippen LogP) is 2.30. The minimum absolute atomic E-state index is 0.0181. The monoisotopic (exact) mass is 242 g/mol. The molecule has 1 aromatic heterocycles. The molecule has 0 atom stereocenters. The summed E-state index contributed by atoms with van der Waals surface area (Å²) in [5.41, 5.74) is 2.28. The van der Waals surface area contributed by atoms with Gasteiger partial charge in [0.15, 0.2) is 5.43 Å². The van der Waals surface area contributed by atoms with E-state index in [4.69, 9.17) is 10.00 Å². The van der Waals surface area contributed by atoms with Crippen molar-refractivity contribution in [3.63, 3.8) is 0 Å². The van der Waals surface area contributed by atoms with E-state index >= 15 is 0 Å². The smallest absolute Gasteiger partial charge is 0.192 e. The summed E-state index contributed by atoms with van der Waals surface area (Å²) < 4.78 is 5.12. The highest BCUT2D eigenvalue weighted by molar-refractivity contribution is 5.81. The van der Waals surface area contributed by atoms with Gasteiger partial charge in [0.05, 0.1) is 13.2 Å². The molecule has 0 aliphatic carbocycles. The number of nitrogens with zero attached hydrogens (tertiary/aromatic N) is 1. The third-order valence-corrected chi connectivity index (χ3v) is 3.01. The van der Waals surface area contributed by atoms with Gasteiger partial charge in [-0.1, -0.05) is 0 Å². The Bertz CT molecular complexity index is 680. The summed E-state index contributed by atoms with van der Waals surface area (Å²) in [6.07, 6.45) is 0.824. The molecule has 4 nitrogen and oxygen atoms in total. The van der Waals surface area contributed by atoms with Crippen LogP contribution < -0.4 is 10.2 Å². The number of nitrogens with one attached hydrogen (secondary N) is 1. The zero-order valence-corrected chi connectivity index (χ0v) is 10.4. The molecular formula is C14H14N2O2. The van der Waals surface area contributed by atoms with Crippen LogP contribution in [0, 0.1) is 18.3 Å².